The van der Waals surface area contributed by atoms with Crippen molar-refractivity contribution in [1.82, 2.24) is 15.6 Å². The molecule has 0 saturated heterocycles. The molecule has 0 saturated carbocycles. The van der Waals surface area contributed by atoms with Crippen molar-refractivity contribution in [2.24, 2.45) is 0 Å². The van der Waals surface area contributed by atoms with Gasteiger partial charge in [0.15, 0.2) is 11.5 Å². The van der Waals surface area contributed by atoms with Crippen molar-refractivity contribution in [3.05, 3.63) is 53.9 Å². The number of urea groups is 1. The average Bonchev–Trinajstić information content (AvgIpc) is 2.61. The molecule has 2 heterocycles. The lowest BCUT2D eigenvalue weighted by atomic mass is 10.1. The molecule has 2 aromatic rings. The zero-order chi connectivity index (χ0) is 16.9. The van der Waals surface area contributed by atoms with Crippen LogP contribution in [0, 0.1) is 0 Å². The van der Waals surface area contributed by atoms with Crippen LogP contribution in [0.25, 0.3) is 0 Å². The van der Waals surface area contributed by atoms with Crippen LogP contribution in [0.1, 0.15) is 37.1 Å². The largest absolute Gasteiger partial charge is 0.486 e. The topological polar surface area (TPSA) is 72.5 Å². The maximum absolute atomic E-state index is 12.2. The minimum Gasteiger partial charge on any atom is -0.486 e. The summed E-state index contributed by atoms with van der Waals surface area (Å²) in [7, 11) is 0. The Morgan fingerprint density at radius 2 is 1.58 bits per heavy atom. The second kappa shape index (κ2) is 7.21. The number of amides is 2. The molecule has 0 aliphatic carbocycles. The number of pyridine rings is 1. The number of nitrogens with one attached hydrogen (secondary N) is 2. The summed E-state index contributed by atoms with van der Waals surface area (Å²) in [5.41, 5.74) is 1.97. The highest BCUT2D eigenvalue weighted by molar-refractivity contribution is 5.75. The lowest BCUT2D eigenvalue weighted by Gasteiger charge is -2.22. The average molecular weight is 327 g/mol. The molecule has 0 bridgehead atoms. The molecule has 2 N–H and O–H groups in total. The van der Waals surface area contributed by atoms with Crippen LogP contribution < -0.4 is 20.1 Å². The molecular weight excluding hydrogens is 306 g/mol. The van der Waals surface area contributed by atoms with Gasteiger partial charge in [0.05, 0.1) is 12.1 Å². The third-order valence-electron chi connectivity index (χ3n) is 3.97. The predicted octanol–water partition coefficient (Wildman–Crippen LogP) is 2.97. The van der Waals surface area contributed by atoms with Crippen molar-refractivity contribution >= 4 is 6.03 Å². The zero-order valence-corrected chi connectivity index (χ0v) is 13.8. The first kappa shape index (κ1) is 16.1. The van der Waals surface area contributed by atoms with Crippen LogP contribution in [0.3, 0.4) is 0 Å². The summed E-state index contributed by atoms with van der Waals surface area (Å²) in [5.74, 6) is 1.46. The van der Waals surface area contributed by atoms with Crippen molar-refractivity contribution in [1.29, 1.82) is 0 Å². The first-order valence-corrected chi connectivity index (χ1v) is 8.00. The minimum atomic E-state index is -0.221. The van der Waals surface area contributed by atoms with E-state index in [0.717, 1.165) is 22.6 Å². The van der Waals surface area contributed by atoms with Crippen LogP contribution in [0.5, 0.6) is 11.5 Å². The van der Waals surface area contributed by atoms with Crippen molar-refractivity contribution < 1.29 is 14.3 Å². The number of nitrogens with zero attached hydrogens (tertiary/aromatic N) is 1. The normalized spacial score (nSPS) is 15.2. The Balaban J connectivity index is 1.60. The van der Waals surface area contributed by atoms with E-state index in [0.29, 0.717) is 13.2 Å². The smallest absolute Gasteiger partial charge is 0.315 e. The third-order valence-corrected chi connectivity index (χ3v) is 3.97. The summed E-state index contributed by atoms with van der Waals surface area (Å²) in [5, 5.41) is 5.87. The van der Waals surface area contributed by atoms with E-state index in [9.17, 15) is 4.79 Å². The van der Waals surface area contributed by atoms with E-state index in [-0.39, 0.29) is 18.1 Å². The van der Waals surface area contributed by atoms with Crippen molar-refractivity contribution in [3.63, 3.8) is 0 Å². The van der Waals surface area contributed by atoms with E-state index in [1.165, 1.54) is 0 Å². The molecule has 0 fully saturated rings. The Labute approximate surface area is 141 Å². The number of hydrogen-bond acceptors (Lipinski definition) is 4. The number of aromatic nitrogens is 1. The van der Waals surface area contributed by atoms with E-state index in [2.05, 4.69) is 15.6 Å². The van der Waals surface area contributed by atoms with E-state index in [1.54, 1.807) is 12.4 Å². The number of benzene rings is 1. The molecule has 2 amide bonds. The fourth-order valence-corrected chi connectivity index (χ4v) is 2.58. The van der Waals surface area contributed by atoms with Gasteiger partial charge in [0.2, 0.25) is 0 Å². The summed E-state index contributed by atoms with van der Waals surface area (Å²) in [6, 6.07) is 9.02. The monoisotopic (exact) mass is 327 g/mol. The first-order valence-electron chi connectivity index (χ1n) is 8.00. The number of carbonyl (C=O) groups excluding carboxylic acids is 1. The van der Waals surface area contributed by atoms with Crippen molar-refractivity contribution in [2.45, 2.75) is 25.9 Å². The van der Waals surface area contributed by atoms with Crippen LogP contribution >= 0.6 is 0 Å². The SMILES string of the molecule is CC(NC(=O)NC(C)c1ccc2c(c1)OCCO2)c1ccncc1. The highest BCUT2D eigenvalue weighted by Gasteiger charge is 2.16. The van der Waals surface area contributed by atoms with Gasteiger partial charge in [-0.2, -0.15) is 0 Å². The van der Waals surface area contributed by atoms with Crippen molar-refractivity contribution in [3.8, 4) is 11.5 Å². The van der Waals surface area contributed by atoms with Crippen LogP contribution in [-0.2, 0) is 0 Å². The molecule has 2 atom stereocenters. The minimum absolute atomic E-state index is 0.0968. The molecular formula is C18H21N3O3. The summed E-state index contributed by atoms with van der Waals surface area (Å²) in [4.78, 5) is 16.2. The molecule has 1 aromatic carbocycles. The maximum Gasteiger partial charge on any atom is 0.315 e. The molecule has 24 heavy (non-hydrogen) atoms. The van der Waals surface area contributed by atoms with Gasteiger partial charge in [-0.05, 0) is 49.2 Å². The maximum atomic E-state index is 12.2. The van der Waals surface area contributed by atoms with Gasteiger partial charge >= 0.3 is 6.03 Å². The lowest BCUT2D eigenvalue weighted by molar-refractivity contribution is 0.171. The Kier molecular flexibility index (Phi) is 4.84. The summed E-state index contributed by atoms with van der Waals surface area (Å²) >= 11 is 0. The third kappa shape index (κ3) is 3.76. The molecule has 1 aromatic heterocycles. The van der Waals surface area contributed by atoms with E-state index in [1.807, 2.05) is 44.2 Å². The van der Waals surface area contributed by atoms with Gasteiger partial charge in [-0.3, -0.25) is 4.98 Å². The van der Waals surface area contributed by atoms with Gasteiger partial charge < -0.3 is 20.1 Å². The Hall–Kier alpha value is -2.76. The predicted molar refractivity (Wildman–Crippen MR) is 90.2 cm³/mol. The van der Waals surface area contributed by atoms with E-state index in [4.69, 9.17) is 9.47 Å². The van der Waals surface area contributed by atoms with Gasteiger partial charge in [-0.1, -0.05) is 6.07 Å². The summed E-state index contributed by atoms with van der Waals surface area (Å²) in [6.07, 6.45) is 3.42. The molecule has 1 aliphatic heterocycles. The Morgan fingerprint density at radius 3 is 2.29 bits per heavy atom. The lowest BCUT2D eigenvalue weighted by Crippen LogP contribution is -2.38. The number of rotatable bonds is 4. The molecule has 0 spiro atoms. The number of fused-ring (bicyclic) bond motifs is 1. The molecule has 2 unspecified atom stereocenters. The van der Waals surface area contributed by atoms with Crippen LogP contribution in [0.2, 0.25) is 0 Å². The standard InChI is InChI=1S/C18H21N3O3/c1-12(14-5-7-19-8-6-14)20-18(22)21-13(2)15-3-4-16-17(11-15)24-10-9-23-16/h3-8,11-13H,9-10H2,1-2H3,(H2,20,21,22). The van der Waals surface area contributed by atoms with Gasteiger partial charge in [0.1, 0.15) is 13.2 Å². The molecule has 1 aliphatic rings. The van der Waals surface area contributed by atoms with Crippen LogP contribution in [0.4, 0.5) is 4.79 Å². The fourth-order valence-electron chi connectivity index (χ4n) is 2.58. The van der Waals surface area contributed by atoms with Crippen LogP contribution in [0.15, 0.2) is 42.7 Å². The second-order valence-electron chi connectivity index (χ2n) is 5.74. The first-order chi connectivity index (χ1) is 11.6. The van der Waals surface area contributed by atoms with Gasteiger partial charge in [0, 0.05) is 12.4 Å². The zero-order valence-electron chi connectivity index (χ0n) is 13.8. The second-order valence-corrected chi connectivity index (χ2v) is 5.74. The Morgan fingerprint density at radius 1 is 0.958 bits per heavy atom. The molecule has 0 radical (unpaired) electrons. The number of ether oxygens (including phenoxy) is 2. The number of hydrogen-bond donors (Lipinski definition) is 2. The number of carbonyl (C=O) groups is 1. The van der Waals surface area contributed by atoms with Crippen molar-refractivity contribution in [2.75, 3.05) is 13.2 Å². The van der Waals surface area contributed by atoms with Gasteiger partial charge in [-0.25, -0.2) is 4.79 Å². The molecule has 6 nitrogen and oxygen atoms in total. The van der Waals surface area contributed by atoms with E-state index < -0.39 is 0 Å². The quantitative estimate of drug-likeness (QED) is 0.905. The van der Waals surface area contributed by atoms with E-state index >= 15 is 0 Å². The summed E-state index contributed by atoms with van der Waals surface area (Å²) in [6.45, 7) is 4.98. The molecule has 3 rings (SSSR count). The molecule has 126 valence electrons. The summed E-state index contributed by atoms with van der Waals surface area (Å²) < 4.78 is 11.1. The van der Waals surface area contributed by atoms with Gasteiger partial charge in [-0.15, -0.1) is 0 Å². The highest BCUT2D eigenvalue weighted by atomic mass is 16.6. The molecule has 6 heteroatoms. The fraction of sp³-hybridized carbons (Fsp3) is 0.333. The highest BCUT2D eigenvalue weighted by Crippen LogP contribution is 2.32. The van der Waals surface area contributed by atoms with Crippen LogP contribution in [-0.4, -0.2) is 24.2 Å². The Bertz CT molecular complexity index is 706. The van der Waals surface area contributed by atoms with Gasteiger partial charge in [0.25, 0.3) is 0 Å².